The quantitative estimate of drug-likeness (QED) is 0.480. The second-order valence-electron chi connectivity index (χ2n) is 1.66. The molecular weight excluding hydrogens is 174 g/mol. The first kappa shape index (κ1) is 13.5. The molecule has 0 heterocycles. The SMILES string of the molecule is C=CC(=O)NC(=O)C=C.NC(N)=O. The first-order valence-electron chi connectivity index (χ1n) is 3.08. The Labute approximate surface area is 75.3 Å². The fourth-order valence-corrected chi connectivity index (χ4v) is 0.223. The second kappa shape index (κ2) is 7.99. The second-order valence-corrected chi connectivity index (χ2v) is 1.66. The average molecular weight is 185 g/mol. The van der Waals surface area contributed by atoms with Crippen LogP contribution in [0.4, 0.5) is 4.79 Å². The van der Waals surface area contributed by atoms with Crippen LogP contribution in [0, 0.1) is 0 Å². The van der Waals surface area contributed by atoms with Gasteiger partial charge < -0.3 is 11.5 Å². The Morgan fingerprint density at radius 2 is 1.23 bits per heavy atom. The molecule has 0 bridgehead atoms. The van der Waals surface area contributed by atoms with E-state index < -0.39 is 17.8 Å². The number of hydrogen-bond acceptors (Lipinski definition) is 3. The smallest absolute Gasteiger partial charge is 0.309 e. The van der Waals surface area contributed by atoms with Crippen molar-refractivity contribution >= 4 is 17.8 Å². The van der Waals surface area contributed by atoms with Gasteiger partial charge in [-0.2, -0.15) is 0 Å². The number of urea groups is 1. The molecule has 0 aliphatic rings. The number of nitrogens with two attached hydrogens (primary N) is 2. The van der Waals surface area contributed by atoms with Crippen molar-refractivity contribution in [2.24, 2.45) is 11.5 Å². The van der Waals surface area contributed by atoms with Gasteiger partial charge >= 0.3 is 6.03 Å². The molecule has 0 aromatic carbocycles. The van der Waals surface area contributed by atoms with Gasteiger partial charge in [0.05, 0.1) is 0 Å². The van der Waals surface area contributed by atoms with Crippen molar-refractivity contribution in [2.75, 3.05) is 0 Å². The summed E-state index contributed by atoms with van der Waals surface area (Å²) < 4.78 is 0. The minimum absolute atomic E-state index is 0.514. The zero-order valence-corrected chi connectivity index (χ0v) is 6.95. The van der Waals surface area contributed by atoms with E-state index >= 15 is 0 Å². The lowest BCUT2D eigenvalue weighted by atomic mass is 10.5. The lowest BCUT2D eigenvalue weighted by Gasteiger charge is -1.91. The van der Waals surface area contributed by atoms with Gasteiger partial charge in [-0.05, 0) is 12.2 Å². The van der Waals surface area contributed by atoms with E-state index in [4.69, 9.17) is 4.79 Å². The van der Waals surface area contributed by atoms with E-state index in [0.717, 1.165) is 12.2 Å². The highest BCUT2D eigenvalue weighted by Crippen LogP contribution is 1.68. The monoisotopic (exact) mass is 185 g/mol. The summed E-state index contributed by atoms with van der Waals surface area (Å²) in [6, 6.07) is -0.833. The molecule has 6 heteroatoms. The van der Waals surface area contributed by atoms with Crippen molar-refractivity contribution in [3.05, 3.63) is 25.3 Å². The Hall–Kier alpha value is -2.11. The van der Waals surface area contributed by atoms with Gasteiger partial charge in [0.25, 0.3) is 0 Å². The van der Waals surface area contributed by atoms with Gasteiger partial charge in [-0.3, -0.25) is 14.9 Å². The van der Waals surface area contributed by atoms with Crippen molar-refractivity contribution in [1.82, 2.24) is 5.32 Å². The van der Waals surface area contributed by atoms with Crippen molar-refractivity contribution in [3.8, 4) is 0 Å². The van der Waals surface area contributed by atoms with Crippen molar-refractivity contribution < 1.29 is 14.4 Å². The molecule has 0 unspecified atom stereocenters. The predicted octanol–water partition coefficient (Wildman–Crippen LogP) is -0.975. The van der Waals surface area contributed by atoms with E-state index in [-0.39, 0.29) is 0 Å². The summed E-state index contributed by atoms with van der Waals surface area (Å²) in [7, 11) is 0. The Morgan fingerprint density at radius 1 is 1.00 bits per heavy atom. The topological polar surface area (TPSA) is 115 Å². The van der Waals surface area contributed by atoms with Crippen LogP contribution < -0.4 is 16.8 Å². The predicted molar refractivity (Wildman–Crippen MR) is 47.3 cm³/mol. The molecule has 0 aliphatic heterocycles. The maximum Gasteiger partial charge on any atom is 0.309 e. The lowest BCUT2D eigenvalue weighted by molar-refractivity contribution is -0.125. The third-order valence-corrected chi connectivity index (χ3v) is 0.617. The van der Waals surface area contributed by atoms with Crippen molar-refractivity contribution in [1.29, 1.82) is 0 Å². The zero-order valence-electron chi connectivity index (χ0n) is 6.95. The number of hydrogen-bond donors (Lipinski definition) is 3. The fraction of sp³-hybridized carbons (Fsp3) is 0. The molecule has 0 atom stereocenters. The number of rotatable bonds is 2. The Bertz CT molecular complexity index is 213. The molecule has 0 aromatic heterocycles. The summed E-state index contributed by atoms with van der Waals surface area (Å²) in [4.78, 5) is 29.6. The van der Waals surface area contributed by atoms with E-state index in [1.54, 1.807) is 0 Å². The summed E-state index contributed by atoms with van der Waals surface area (Å²) in [5.41, 5.74) is 8.50. The maximum absolute atomic E-state index is 10.3. The van der Waals surface area contributed by atoms with Crippen LogP contribution in [0.1, 0.15) is 0 Å². The Balaban J connectivity index is 0. The molecule has 0 aromatic rings. The number of primary amides is 2. The summed E-state index contributed by atoms with van der Waals surface area (Å²) >= 11 is 0. The van der Waals surface area contributed by atoms with Crippen LogP contribution in [0.2, 0.25) is 0 Å². The minimum atomic E-state index is -0.833. The zero-order chi connectivity index (χ0) is 10.9. The van der Waals surface area contributed by atoms with E-state index in [0.29, 0.717) is 0 Å². The molecule has 0 saturated carbocycles. The van der Waals surface area contributed by atoms with E-state index in [9.17, 15) is 9.59 Å². The van der Waals surface area contributed by atoms with Gasteiger partial charge in [0.2, 0.25) is 11.8 Å². The first-order chi connectivity index (χ1) is 5.93. The largest absolute Gasteiger partial charge is 0.352 e. The van der Waals surface area contributed by atoms with Crippen LogP contribution >= 0.6 is 0 Å². The summed E-state index contributed by atoms with van der Waals surface area (Å²) in [5.74, 6) is -1.03. The average Bonchev–Trinajstić information content (AvgIpc) is 2.03. The van der Waals surface area contributed by atoms with Crippen LogP contribution in [0.5, 0.6) is 0 Å². The third-order valence-electron chi connectivity index (χ3n) is 0.617. The van der Waals surface area contributed by atoms with E-state index in [1.165, 1.54) is 0 Å². The number of nitrogens with one attached hydrogen (secondary N) is 1. The molecule has 5 N–H and O–H groups in total. The third kappa shape index (κ3) is 17.7. The van der Waals surface area contributed by atoms with Crippen LogP contribution in [-0.4, -0.2) is 17.8 Å². The molecule has 6 nitrogen and oxygen atoms in total. The molecule has 13 heavy (non-hydrogen) atoms. The molecule has 0 rings (SSSR count). The lowest BCUT2D eigenvalue weighted by Crippen LogP contribution is -2.26. The van der Waals surface area contributed by atoms with E-state index in [2.05, 4.69) is 24.6 Å². The minimum Gasteiger partial charge on any atom is -0.352 e. The fourth-order valence-electron chi connectivity index (χ4n) is 0.223. The number of amides is 4. The number of carbonyl (C=O) groups is 3. The highest BCUT2D eigenvalue weighted by molar-refractivity contribution is 6.04. The molecule has 0 aliphatic carbocycles. The Kier molecular flexibility index (Phi) is 8.28. The molecule has 0 spiro atoms. The van der Waals surface area contributed by atoms with Crippen LogP contribution in [-0.2, 0) is 9.59 Å². The molecule has 0 fully saturated rings. The van der Waals surface area contributed by atoms with E-state index in [1.807, 2.05) is 5.32 Å². The number of imide groups is 1. The standard InChI is InChI=1S/C6H7NO2.CH4N2O/c1-3-5(8)7-6(9)4-2;2-1(3)4/h3-4H,1-2H2,(H,7,8,9);(H4,2,3,4). The highest BCUT2D eigenvalue weighted by Gasteiger charge is 1.96. The van der Waals surface area contributed by atoms with Crippen molar-refractivity contribution in [2.45, 2.75) is 0 Å². The number of carbonyl (C=O) groups excluding carboxylic acids is 3. The molecule has 0 radical (unpaired) electrons. The van der Waals surface area contributed by atoms with Crippen LogP contribution in [0.25, 0.3) is 0 Å². The molecule has 4 amide bonds. The maximum atomic E-state index is 10.3. The normalized spacial score (nSPS) is 7.08. The van der Waals surface area contributed by atoms with Crippen LogP contribution in [0.15, 0.2) is 25.3 Å². The molecular formula is C7H11N3O3. The molecule has 0 saturated heterocycles. The summed E-state index contributed by atoms with van der Waals surface area (Å²) in [5, 5.41) is 1.97. The van der Waals surface area contributed by atoms with Gasteiger partial charge in [-0.15, -0.1) is 0 Å². The summed E-state index contributed by atoms with van der Waals surface area (Å²) in [6.45, 7) is 6.30. The first-order valence-corrected chi connectivity index (χ1v) is 3.08. The molecule has 72 valence electrons. The van der Waals surface area contributed by atoms with Crippen LogP contribution in [0.3, 0.4) is 0 Å². The van der Waals surface area contributed by atoms with Gasteiger partial charge in [0.15, 0.2) is 0 Å². The van der Waals surface area contributed by atoms with Gasteiger partial charge in [0.1, 0.15) is 0 Å². The van der Waals surface area contributed by atoms with Gasteiger partial charge in [-0.1, -0.05) is 13.2 Å². The summed E-state index contributed by atoms with van der Waals surface area (Å²) in [6.07, 6.45) is 2.03. The highest BCUT2D eigenvalue weighted by atomic mass is 16.2. The van der Waals surface area contributed by atoms with Gasteiger partial charge in [-0.25, -0.2) is 4.79 Å². The van der Waals surface area contributed by atoms with Crippen molar-refractivity contribution in [3.63, 3.8) is 0 Å². The Morgan fingerprint density at radius 3 is 1.38 bits per heavy atom. The van der Waals surface area contributed by atoms with Gasteiger partial charge in [0, 0.05) is 0 Å².